The molecule has 63 heavy (non-hydrogen) atoms. The van der Waals surface area contributed by atoms with Crippen LogP contribution < -0.4 is 20.9 Å². The Morgan fingerprint density at radius 2 is 1.06 bits per heavy atom. The van der Waals surface area contributed by atoms with E-state index < -0.39 is 22.8 Å². The van der Waals surface area contributed by atoms with Crippen molar-refractivity contribution in [1.82, 2.24) is 40.0 Å². The van der Waals surface area contributed by atoms with Gasteiger partial charge >= 0.3 is 11.9 Å². The Bertz CT molecular complexity index is 2560. The van der Waals surface area contributed by atoms with Crippen molar-refractivity contribution in [2.45, 2.75) is 67.5 Å². The molecule has 22 nitrogen and oxygen atoms in total. The third-order valence-corrected chi connectivity index (χ3v) is 12.4. The first-order valence-corrected chi connectivity index (χ1v) is 22.0. The van der Waals surface area contributed by atoms with Crippen molar-refractivity contribution in [3.63, 3.8) is 0 Å². The number of thioether (sulfide) groups is 2. The van der Waals surface area contributed by atoms with Gasteiger partial charge in [0.05, 0.1) is 33.9 Å². The predicted octanol–water partition coefficient (Wildman–Crippen LogP) is 8.09. The lowest BCUT2D eigenvalue weighted by molar-refractivity contribution is -0.121. The van der Waals surface area contributed by atoms with Crippen LogP contribution in [0.1, 0.15) is 80.1 Å². The zero-order valence-electron chi connectivity index (χ0n) is 34.2. The molecule has 6 N–H and O–H groups in total. The number of benzene rings is 2. The summed E-state index contributed by atoms with van der Waals surface area (Å²) < 4.78 is 13.8. The van der Waals surface area contributed by atoms with E-state index in [0.29, 0.717) is 30.3 Å². The number of carbonyl (C=O) groups excluding carboxylic acids is 2. The van der Waals surface area contributed by atoms with E-state index in [4.69, 9.17) is 20.9 Å². The number of rotatable bonds is 18. The van der Waals surface area contributed by atoms with Crippen molar-refractivity contribution in [3.05, 3.63) is 58.9 Å². The van der Waals surface area contributed by atoms with Crippen LogP contribution in [0.4, 0.5) is 33.3 Å². The highest BCUT2D eigenvalue weighted by atomic mass is 32.2. The molecule has 6 rings (SSSR count). The number of hydrogen-bond donors (Lipinski definition) is 4. The molecule has 0 amide bonds. The molecule has 0 bridgehead atoms. The summed E-state index contributed by atoms with van der Waals surface area (Å²) in [5, 5.41) is 63.1. The van der Waals surface area contributed by atoms with Gasteiger partial charge in [-0.1, -0.05) is 87.7 Å². The molecular weight excluding hydrogens is 897 g/mol. The third-order valence-electron chi connectivity index (χ3n) is 8.35. The molecule has 0 unspecified atom stereocenters. The first kappa shape index (κ1) is 45.9. The van der Waals surface area contributed by atoms with Gasteiger partial charge in [0.2, 0.25) is 0 Å². The molecule has 0 fully saturated rings. The number of hydrogen-bond acceptors (Lipinski definition) is 22. The van der Waals surface area contributed by atoms with Crippen LogP contribution in [-0.2, 0) is 20.4 Å². The normalized spacial score (nSPS) is 12.0. The van der Waals surface area contributed by atoms with Crippen molar-refractivity contribution in [2.75, 3.05) is 23.0 Å². The largest absolute Gasteiger partial charge is 0.478 e. The van der Waals surface area contributed by atoms with Crippen molar-refractivity contribution < 1.29 is 38.9 Å². The number of aromatic nitrogens is 8. The number of ether oxygens (including phenoxy) is 2. The van der Waals surface area contributed by atoms with E-state index in [1.165, 1.54) is 92.0 Å². The van der Waals surface area contributed by atoms with E-state index in [0.717, 1.165) is 17.9 Å². The number of nitrogen functional groups attached to an aromatic ring is 2. The van der Waals surface area contributed by atoms with Crippen LogP contribution in [0.5, 0.6) is 11.5 Å². The van der Waals surface area contributed by atoms with Gasteiger partial charge in [-0.05, 0) is 30.7 Å². The molecule has 0 aliphatic heterocycles. The quantitative estimate of drug-likeness (QED) is 0.0274. The van der Waals surface area contributed by atoms with E-state index in [-0.39, 0.29) is 70.0 Å². The van der Waals surface area contributed by atoms with Crippen molar-refractivity contribution in [1.29, 1.82) is 0 Å². The van der Waals surface area contributed by atoms with Crippen LogP contribution in [0, 0.1) is 0 Å². The zero-order chi connectivity index (χ0) is 45.6. The second-order valence-corrected chi connectivity index (χ2v) is 19.7. The Balaban J connectivity index is 1.07. The molecule has 6 aromatic rings. The van der Waals surface area contributed by atoms with Crippen molar-refractivity contribution in [3.8, 4) is 22.9 Å². The minimum absolute atomic E-state index is 0.000331. The van der Waals surface area contributed by atoms with Gasteiger partial charge in [-0.3, -0.25) is 9.59 Å². The molecule has 0 radical (unpaired) electrons. The summed E-state index contributed by atoms with van der Waals surface area (Å²) >= 11 is 5.51. The minimum Gasteiger partial charge on any atom is -0.478 e. The highest BCUT2D eigenvalue weighted by Crippen LogP contribution is 2.41. The number of nitrogens with two attached hydrogens (primary N) is 2. The third kappa shape index (κ3) is 11.1. The Hall–Kier alpha value is -6.64. The van der Waals surface area contributed by atoms with Crippen LogP contribution >= 0.6 is 46.2 Å². The highest BCUT2D eigenvalue weighted by Gasteiger charge is 2.29. The van der Waals surface area contributed by atoms with E-state index in [2.05, 4.69) is 51.0 Å². The molecule has 2 aromatic carbocycles. The molecule has 0 aliphatic carbocycles. The van der Waals surface area contributed by atoms with Gasteiger partial charge in [-0.25, -0.2) is 19.0 Å². The molecule has 0 spiro atoms. The van der Waals surface area contributed by atoms with Crippen LogP contribution in [0.2, 0.25) is 0 Å². The Labute approximate surface area is 374 Å². The van der Waals surface area contributed by atoms with Crippen molar-refractivity contribution in [2.24, 2.45) is 20.5 Å². The zero-order valence-corrected chi connectivity index (χ0v) is 37.5. The van der Waals surface area contributed by atoms with Gasteiger partial charge < -0.3 is 31.2 Å². The summed E-state index contributed by atoms with van der Waals surface area (Å²) in [5.74, 6) is -0.846. The number of carboxylic acids is 2. The second-order valence-electron chi connectivity index (χ2n) is 15.1. The van der Waals surface area contributed by atoms with Crippen LogP contribution in [0.25, 0.3) is 11.4 Å². The number of carbonyl (C=O) groups is 4. The topological polar surface area (TPSA) is 316 Å². The fraction of sp³-hybridized carbons (Fsp3) is 0.297. The van der Waals surface area contributed by atoms with E-state index in [1.54, 1.807) is 0 Å². The van der Waals surface area contributed by atoms with Crippen LogP contribution in [0.15, 0.2) is 65.5 Å². The first-order chi connectivity index (χ1) is 29.9. The molecule has 0 aliphatic rings. The fourth-order valence-corrected chi connectivity index (χ4v) is 9.05. The molecule has 26 heteroatoms. The van der Waals surface area contributed by atoms with E-state index in [1.807, 2.05) is 41.5 Å². The Morgan fingerprint density at radius 3 is 1.41 bits per heavy atom. The summed E-state index contributed by atoms with van der Waals surface area (Å²) in [4.78, 5) is 45.5. The molecule has 4 aromatic heterocycles. The Morgan fingerprint density at radius 1 is 0.667 bits per heavy atom. The molecule has 0 saturated carbocycles. The summed E-state index contributed by atoms with van der Waals surface area (Å²) in [6.45, 7) is 11.9. The number of carboxylic acid groups (broad SMARTS) is 2. The lowest BCUT2D eigenvalue weighted by Crippen LogP contribution is -2.13. The number of nitrogens with zero attached hydrogens (tertiary/aromatic N) is 12. The second kappa shape index (κ2) is 19.2. The summed E-state index contributed by atoms with van der Waals surface area (Å²) in [5.41, 5.74) is 13.6. The standard InChI is InChI=1S/C37H38N14O8S4/c1-36(2,3)26-24(28(38)50(48-26)20-10-18(30(54)55)12-22(14-20)58-16-52)40-42-32-44-46-34(62-32)60-8-7-9-61-35-47-45-33(63-35)43-41-25-27(37(4,5)6)49-51(29(25)39)21-11-19(31(56)57)13-23(15-21)59-17-53/h10-17H,7-9,38-39H2,1-6H3,(H,54,55)(H,56,57). The van der Waals surface area contributed by atoms with Crippen molar-refractivity contribution >= 4 is 104 Å². The van der Waals surface area contributed by atoms with E-state index in [9.17, 15) is 29.4 Å². The molecule has 0 saturated heterocycles. The SMILES string of the molecule is CC(C)(C)c1nn(-c2cc(OC=O)cc(C(=O)O)c2)c(N)c1N=Nc1nnc(SCCCSc2nnc(N=Nc3c(C(C)(C)C)nn(-c4cc(OC=O)cc(C(=O)O)c4)c3N)s2)s1. The van der Waals surface area contributed by atoms with Gasteiger partial charge in [0.1, 0.15) is 11.5 Å². The monoisotopic (exact) mass is 934 g/mol. The lowest BCUT2D eigenvalue weighted by atomic mass is 9.91. The maximum Gasteiger partial charge on any atom is 0.335 e. The maximum absolute atomic E-state index is 11.8. The van der Waals surface area contributed by atoms with Gasteiger partial charge in [0, 0.05) is 34.5 Å². The lowest BCUT2D eigenvalue weighted by Gasteiger charge is -2.15. The van der Waals surface area contributed by atoms with Crippen LogP contribution in [0.3, 0.4) is 0 Å². The first-order valence-electron chi connectivity index (χ1n) is 18.4. The average molecular weight is 935 g/mol. The maximum atomic E-state index is 11.8. The molecule has 4 heterocycles. The number of anilines is 2. The molecule has 0 atom stereocenters. The summed E-state index contributed by atoms with van der Waals surface area (Å²) in [6, 6.07) is 7.98. The predicted molar refractivity (Wildman–Crippen MR) is 235 cm³/mol. The fourth-order valence-electron chi connectivity index (χ4n) is 5.52. The van der Waals surface area contributed by atoms with Crippen LogP contribution in [-0.4, -0.2) is 86.6 Å². The molecular formula is C37H38N14O8S4. The smallest absolute Gasteiger partial charge is 0.335 e. The number of azo groups is 2. The van der Waals surface area contributed by atoms with Gasteiger partial charge in [-0.15, -0.1) is 40.9 Å². The van der Waals surface area contributed by atoms with Gasteiger partial charge in [-0.2, -0.15) is 10.2 Å². The minimum atomic E-state index is -1.23. The van der Waals surface area contributed by atoms with Gasteiger partial charge in [0.15, 0.2) is 31.7 Å². The Kier molecular flexibility index (Phi) is 14.0. The molecule has 328 valence electrons. The van der Waals surface area contributed by atoms with E-state index >= 15 is 0 Å². The summed E-state index contributed by atoms with van der Waals surface area (Å²) in [7, 11) is 0. The van der Waals surface area contributed by atoms with Gasteiger partial charge in [0.25, 0.3) is 23.2 Å². The summed E-state index contributed by atoms with van der Waals surface area (Å²) in [6.07, 6.45) is 0.795. The highest BCUT2D eigenvalue weighted by molar-refractivity contribution is 8.01. The number of aromatic carboxylic acids is 2. The average Bonchev–Trinajstić information content (AvgIpc) is 4.01.